The highest BCUT2D eigenvalue weighted by Crippen LogP contribution is 2.34. The van der Waals surface area contributed by atoms with Gasteiger partial charge in [0.05, 0.1) is 12.5 Å². The molecule has 0 unspecified atom stereocenters. The molecule has 4 nitrogen and oxygen atoms in total. The summed E-state index contributed by atoms with van der Waals surface area (Å²) in [6.07, 6.45) is -3.71. The van der Waals surface area contributed by atoms with Crippen LogP contribution in [0.2, 0.25) is 0 Å². The van der Waals surface area contributed by atoms with Crippen molar-refractivity contribution in [3.05, 3.63) is 34.0 Å². The molecule has 0 saturated heterocycles. The van der Waals surface area contributed by atoms with Crippen molar-refractivity contribution >= 4 is 11.3 Å². The van der Waals surface area contributed by atoms with Gasteiger partial charge < -0.3 is 9.88 Å². The second kappa shape index (κ2) is 5.76. The number of aromatic nitrogens is 3. The lowest BCUT2D eigenvalue weighted by atomic mass is 9.99. The molecule has 114 valence electrons. The van der Waals surface area contributed by atoms with Crippen molar-refractivity contribution in [3.8, 4) is 0 Å². The van der Waals surface area contributed by atoms with Crippen molar-refractivity contribution in [1.82, 2.24) is 20.1 Å². The van der Waals surface area contributed by atoms with Crippen LogP contribution in [0.4, 0.5) is 13.2 Å². The van der Waals surface area contributed by atoms with Crippen molar-refractivity contribution in [1.29, 1.82) is 0 Å². The van der Waals surface area contributed by atoms with E-state index in [1.165, 1.54) is 0 Å². The van der Waals surface area contributed by atoms with Crippen LogP contribution in [0.25, 0.3) is 0 Å². The number of halogens is 3. The number of nitrogens with zero attached hydrogens (tertiary/aromatic N) is 3. The molecule has 0 fully saturated rings. The molecule has 2 aromatic rings. The van der Waals surface area contributed by atoms with Gasteiger partial charge in [0.15, 0.2) is 0 Å². The molecule has 3 rings (SSSR count). The maximum Gasteiger partial charge on any atom is 0.393 e. The van der Waals surface area contributed by atoms with Crippen molar-refractivity contribution in [2.45, 2.75) is 38.7 Å². The Morgan fingerprint density at radius 2 is 2.19 bits per heavy atom. The van der Waals surface area contributed by atoms with Gasteiger partial charge in [0.1, 0.15) is 11.6 Å². The van der Waals surface area contributed by atoms with Gasteiger partial charge in [0.2, 0.25) is 0 Å². The molecule has 0 spiro atoms. The Kier molecular flexibility index (Phi) is 3.99. The van der Waals surface area contributed by atoms with Crippen LogP contribution in [-0.2, 0) is 26.1 Å². The smallest absolute Gasteiger partial charge is 0.313 e. The largest absolute Gasteiger partial charge is 0.393 e. The molecule has 0 amide bonds. The average molecular weight is 316 g/mol. The highest BCUT2D eigenvalue weighted by Gasteiger charge is 2.42. The van der Waals surface area contributed by atoms with E-state index in [0.717, 1.165) is 5.56 Å². The number of hydrogen-bond acceptors (Lipinski definition) is 4. The molecule has 1 atom stereocenters. The highest BCUT2D eigenvalue weighted by atomic mass is 32.1. The molecule has 21 heavy (non-hydrogen) atoms. The van der Waals surface area contributed by atoms with Crippen molar-refractivity contribution in [2.24, 2.45) is 5.92 Å². The second-order valence-electron chi connectivity index (χ2n) is 5.16. The third kappa shape index (κ3) is 3.26. The van der Waals surface area contributed by atoms with Crippen LogP contribution in [0.3, 0.4) is 0 Å². The molecule has 0 bridgehead atoms. The minimum Gasteiger partial charge on any atom is -0.313 e. The van der Waals surface area contributed by atoms with Gasteiger partial charge in [0, 0.05) is 19.5 Å². The fourth-order valence-corrected chi connectivity index (χ4v) is 3.16. The van der Waals surface area contributed by atoms with Gasteiger partial charge in [-0.05, 0) is 28.8 Å². The minimum atomic E-state index is -4.15. The SMILES string of the molecule is FC(F)(F)[C@@H]1CCc2nnc(CNCc3ccsc3)n2C1. The number of nitrogens with one attached hydrogen (secondary N) is 1. The van der Waals surface area contributed by atoms with Crippen LogP contribution in [0, 0.1) is 5.92 Å². The summed E-state index contributed by atoms with van der Waals surface area (Å²) in [5.74, 6) is -0.0614. The van der Waals surface area contributed by atoms with Crippen molar-refractivity contribution in [3.63, 3.8) is 0 Å². The van der Waals surface area contributed by atoms with E-state index in [4.69, 9.17) is 0 Å². The van der Waals surface area contributed by atoms with Gasteiger partial charge in [-0.2, -0.15) is 24.5 Å². The van der Waals surface area contributed by atoms with Crippen LogP contribution in [0.5, 0.6) is 0 Å². The summed E-state index contributed by atoms with van der Waals surface area (Å²) in [7, 11) is 0. The zero-order valence-corrected chi connectivity index (χ0v) is 12.0. The number of alkyl halides is 3. The third-order valence-electron chi connectivity index (χ3n) is 3.68. The van der Waals surface area contributed by atoms with Crippen LogP contribution < -0.4 is 5.32 Å². The van der Waals surface area contributed by atoms with Gasteiger partial charge in [-0.25, -0.2) is 0 Å². The molecule has 0 saturated carbocycles. The Balaban J connectivity index is 1.64. The number of fused-ring (bicyclic) bond motifs is 1. The lowest BCUT2D eigenvalue weighted by Crippen LogP contribution is -2.33. The molecule has 2 aromatic heterocycles. The zero-order chi connectivity index (χ0) is 14.9. The summed E-state index contributed by atoms with van der Waals surface area (Å²) in [5, 5.41) is 15.2. The number of rotatable bonds is 4. The Morgan fingerprint density at radius 3 is 2.90 bits per heavy atom. The van der Waals surface area contributed by atoms with Gasteiger partial charge in [0.25, 0.3) is 0 Å². The maximum atomic E-state index is 12.8. The Labute approximate surface area is 124 Å². The zero-order valence-electron chi connectivity index (χ0n) is 11.2. The van der Waals surface area contributed by atoms with Crippen LogP contribution in [-0.4, -0.2) is 20.9 Å². The molecular weight excluding hydrogens is 301 g/mol. The Bertz CT molecular complexity index is 591. The first-order valence-electron chi connectivity index (χ1n) is 6.73. The van der Waals surface area contributed by atoms with Gasteiger partial charge in [-0.3, -0.25) is 0 Å². The maximum absolute atomic E-state index is 12.8. The predicted octanol–water partition coefficient (Wildman–Crippen LogP) is 2.75. The molecule has 0 aromatic carbocycles. The van der Waals surface area contributed by atoms with E-state index in [1.54, 1.807) is 15.9 Å². The fraction of sp³-hybridized carbons (Fsp3) is 0.538. The van der Waals surface area contributed by atoms with E-state index in [1.807, 2.05) is 16.8 Å². The first kappa shape index (κ1) is 14.5. The number of aryl methyl sites for hydroxylation is 1. The van der Waals surface area contributed by atoms with E-state index in [2.05, 4.69) is 15.5 Å². The van der Waals surface area contributed by atoms with E-state index < -0.39 is 12.1 Å². The first-order chi connectivity index (χ1) is 10.0. The monoisotopic (exact) mass is 316 g/mol. The molecule has 8 heteroatoms. The van der Waals surface area contributed by atoms with E-state index in [-0.39, 0.29) is 13.0 Å². The lowest BCUT2D eigenvalue weighted by molar-refractivity contribution is -0.182. The summed E-state index contributed by atoms with van der Waals surface area (Å²) in [6.45, 7) is 1.03. The van der Waals surface area contributed by atoms with Crippen LogP contribution in [0.15, 0.2) is 16.8 Å². The summed E-state index contributed by atoms with van der Waals surface area (Å²) < 4.78 is 40.1. The lowest BCUT2D eigenvalue weighted by Gasteiger charge is -2.26. The summed E-state index contributed by atoms with van der Waals surface area (Å²) in [5.41, 5.74) is 1.16. The summed E-state index contributed by atoms with van der Waals surface area (Å²) >= 11 is 1.62. The summed E-state index contributed by atoms with van der Waals surface area (Å²) in [6, 6.07) is 2.01. The van der Waals surface area contributed by atoms with Gasteiger partial charge in [-0.1, -0.05) is 0 Å². The molecular formula is C13H15F3N4S. The topological polar surface area (TPSA) is 42.7 Å². The molecule has 1 aliphatic heterocycles. The predicted molar refractivity (Wildman–Crippen MR) is 72.8 cm³/mol. The van der Waals surface area contributed by atoms with Crippen molar-refractivity contribution < 1.29 is 13.2 Å². The Hall–Kier alpha value is -1.41. The Morgan fingerprint density at radius 1 is 1.33 bits per heavy atom. The van der Waals surface area contributed by atoms with E-state index >= 15 is 0 Å². The second-order valence-corrected chi connectivity index (χ2v) is 5.94. The third-order valence-corrected chi connectivity index (χ3v) is 4.41. The average Bonchev–Trinajstić information content (AvgIpc) is 3.07. The standard InChI is InChI=1S/C13H15F3N4S/c14-13(15,16)10-1-2-11-18-19-12(20(11)7-10)6-17-5-9-3-4-21-8-9/h3-4,8,10,17H,1-2,5-7H2/t10-/m1/s1. The van der Waals surface area contributed by atoms with E-state index in [0.29, 0.717) is 31.2 Å². The van der Waals surface area contributed by atoms with Gasteiger partial charge >= 0.3 is 6.18 Å². The first-order valence-corrected chi connectivity index (χ1v) is 7.68. The summed E-state index contributed by atoms with van der Waals surface area (Å²) in [4.78, 5) is 0. The fourth-order valence-electron chi connectivity index (χ4n) is 2.49. The number of hydrogen-bond donors (Lipinski definition) is 1. The van der Waals surface area contributed by atoms with Crippen molar-refractivity contribution in [2.75, 3.05) is 0 Å². The number of thiophene rings is 1. The van der Waals surface area contributed by atoms with E-state index in [9.17, 15) is 13.2 Å². The molecule has 1 N–H and O–H groups in total. The van der Waals surface area contributed by atoms with Crippen LogP contribution in [0.1, 0.15) is 23.6 Å². The molecule has 1 aliphatic rings. The molecule has 0 radical (unpaired) electrons. The highest BCUT2D eigenvalue weighted by molar-refractivity contribution is 7.07. The molecule has 0 aliphatic carbocycles. The van der Waals surface area contributed by atoms with Crippen LogP contribution >= 0.6 is 11.3 Å². The molecule has 3 heterocycles. The normalized spacial score (nSPS) is 18.7. The quantitative estimate of drug-likeness (QED) is 0.943. The minimum absolute atomic E-state index is 0.0682. The van der Waals surface area contributed by atoms with Gasteiger partial charge in [-0.15, -0.1) is 10.2 Å².